The Bertz CT molecular complexity index is 321. The van der Waals surface area contributed by atoms with Crippen molar-refractivity contribution in [3.8, 4) is 0 Å². The van der Waals surface area contributed by atoms with Crippen LogP contribution in [0.5, 0.6) is 0 Å². The van der Waals surface area contributed by atoms with Crippen LogP contribution in [0.2, 0.25) is 0 Å². The van der Waals surface area contributed by atoms with Gasteiger partial charge in [-0.2, -0.15) is 0 Å². The number of rotatable bonds is 5. The van der Waals surface area contributed by atoms with Crippen molar-refractivity contribution in [2.45, 2.75) is 33.0 Å². The molecule has 0 aliphatic heterocycles. The van der Waals surface area contributed by atoms with E-state index in [4.69, 9.17) is 9.47 Å². The molecule has 0 heterocycles. The minimum atomic E-state index is -0.504. The molecular formula is C13H18O3. The van der Waals surface area contributed by atoms with Crippen molar-refractivity contribution in [1.29, 1.82) is 0 Å². The molecule has 0 aromatic heterocycles. The second-order valence-corrected chi connectivity index (χ2v) is 3.59. The largest absolute Gasteiger partial charge is 0.456 e. The maximum atomic E-state index is 11.6. The Balaban J connectivity index is 2.51. The lowest BCUT2D eigenvalue weighted by Gasteiger charge is -2.16. The van der Waals surface area contributed by atoms with Gasteiger partial charge >= 0.3 is 5.97 Å². The van der Waals surface area contributed by atoms with Crippen LogP contribution in [0.1, 0.15) is 32.4 Å². The average Bonchev–Trinajstić information content (AvgIpc) is 2.30. The number of hydrogen-bond acceptors (Lipinski definition) is 3. The molecule has 1 aromatic carbocycles. The fourth-order valence-electron chi connectivity index (χ4n) is 1.38. The minimum Gasteiger partial charge on any atom is -0.456 e. The predicted molar refractivity (Wildman–Crippen MR) is 62.0 cm³/mol. The lowest BCUT2D eigenvalue weighted by Crippen LogP contribution is -2.24. The predicted octanol–water partition coefficient (Wildman–Crippen LogP) is 2.72. The van der Waals surface area contributed by atoms with Crippen molar-refractivity contribution in [2.75, 3.05) is 6.61 Å². The Morgan fingerprint density at radius 1 is 1.25 bits per heavy atom. The van der Waals surface area contributed by atoms with Gasteiger partial charge in [-0.05, 0) is 26.3 Å². The third-order valence-corrected chi connectivity index (χ3v) is 2.31. The molecule has 0 aliphatic rings. The van der Waals surface area contributed by atoms with Crippen LogP contribution < -0.4 is 0 Å². The Kier molecular flexibility index (Phi) is 4.99. The molecule has 3 nitrogen and oxygen atoms in total. The van der Waals surface area contributed by atoms with Crippen molar-refractivity contribution in [3.05, 3.63) is 35.9 Å². The highest BCUT2D eigenvalue weighted by Crippen LogP contribution is 2.16. The summed E-state index contributed by atoms with van der Waals surface area (Å²) in [5.41, 5.74) is 0.986. The third kappa shape index (κ3) is 3.66. The van der Waals surface area contributed by atoms with E-state index in [0.29, 0.717) is 6.61 Å². The zero-order valence-corrected chi connectivity index (χ0v) is 9.97. The van der Waals surface area contributed by atoms with E-state index in [0.717, 1.165) is 5.56 Å². The summed E-state index contributed by atoms with van der Waals surface area (Å²) in [4.78, 5) is 11.6. The molecule has 0 bridgehead atoms. The molecule has 0 spiro atoms. The van der Waals surface area contributed by atoms with Crippen molar-refractivity contribution < 1.29 is 14.3 Å². The standard InChI is InChI=1S/C13H18O3/c1-4-15-11(3)13(14)16-10(2)12-8-6-5-7-9-12/h5-11H,4H2,1-3H3. The molecule has 2 unspecified atom stereocenters. The summed E-state index contributed by atoms with van der Waals surface area (Å²) in [6.45, 7) is 5.91. The van der Waals surface area contributed by atoms with Crippen LogP contribution in [-0.2, 0) is 14.3 Å². The molecule has 0 amide bonds. The van der Waals surface area contributed by atoms with Gasteiger partial charge in [-0.1, -0.05) is 30.3 Å². The molecule has 0 radical (unpaired) electrons. The first-order chi connectivity index (χ1) is 7.65. The number of ether oxygens (including phenoxy) is 2. The number of esters is 1. The zero-order chi connectivity index (χ0) is 12.0. The van der Waals surface area contributed by atoms with E-state index < -0.39 is 6.10 Å². The van der Waals surface area contributed by atoms with Gasteiger partial charge in [-0.25, -0.2) is 4.79 Å². The SMILES string of the molecule is CCOC(C)C(=O)OC(C)c1ccccc1. The Labute approximate surface area is 96.4 Å². The lowest BCUT2D eigenvalue weighted by atomic mass is 10.1. The molecule has 0 fully saturated rings. The fourth-order valence-corrected chi connectivity index (χ4v) is 1.38. The van der Waals surface area contributed by atoms with Crippen LogP contribution in [0.25, 0.3) is 0 Å². The average molecular weight is 222 g/mol. The first-order valence-corrected chi connectivity index (χ1v) is 5.52. The maximum absolute atomic E-state index is 11.6. The summed E-state index contributed by atoms with van der Waals surface area (Å²) >= 11 is 0. The Morgan fingerprint density at radius 2 is 1.88 bits per heavy atom. The Hall–Kier alpha value is -1.35. The zero-order valence-electron chi connectivity index (χ0n) is 9.97. The quantitative estimate of drug-likeness (QED) is 0.718. The van der Waals surface area contributed by atoms with Crippen LogP contribution in [0.4, 0.5) is 0 Å². The van der Waals surface area contributed by atoms with Gasteiger partial charge in [0.25, 0.3) is 0 Å². The van der Waals surface area contributed by atoms with E-state index in [1.807, 2.05) is 44.2 Å². The summed E-state index contributed by atoms with van der Waals surface area (Å²) in [5, 5.41) is 0. The molecule has 3 heteroatoms. The highest BCUT2D eigenvalue weighted by Gasteiger charge is 2.17. The van der Waals surface area contributed by atoms with Crippen LogP contribution in [0.15, 0.2) is 30.3 Å². The molecule has 0 aliphatic carbocycles. The second kappa shape index (κ2) is 6.28. The first-order valence-electron chi connectivity index (χ1n) is 5.52. The van der Waals surface area contributed by atoms with E-state index in [9.17, 15) is 4.79 Å². The summed E-state index contributed by atoms with van der Waals surface area (Å²) in [6.07, 6.45) is -0.743. The van der Waals surface area contributed by atoms with Gasteiger partial charge in [-0.15, -0.1) is 0 Å². The Morgan fingerprint density at radius 3 is 2.44 bits per heavy atom. The van der Waals surface area contributed by atoms with Crippen molar-refractivity contribution >= 4 is 5.97 Å². The van der Waals surface area contributed by atoms with Crippen molar-refractivity contribution in [3.63, 3.8) is 0 Å². The van der Waals surface area contributed by atoms with E-state index in [-0.39, 0.29) is 12.1 Å². The molecule has 0 saturated heterocycles. The van der Waals surface area contributed by atoms with E-state index in [1.165, 1.54) is 0 Å². The normalized spacial score (nSPS) is 14.2. The van der Waals surface area contributed by atoms with Gasteiger partial charge in [-0.3, -0.25) is 0 Å². The van der Waals surface area contributed by atoms with Gasteiger partial charge in [0.05, 0.1) is 0 Å². The first kappa shape index (κ1) is 12.7. The topological polar surface area (TPSA) is 35.5 Å². The molecule has 0 saturated carbocycles. The molecule has 16 heavy (non-hydrogen) atoms. The van der Waals surface area contributed by atoms with Gasteiger partial charge in [0.1, 0.15) is 6.10 Å². The van der Waals surface area contributed by atoms with Gasteiger partial charge in [0, 0.05) is 6.61 Å². The highest BCUT2D eigenvalue weighted by molar-refractivity contribution is 5.74. The molecule has 0 N–H and O–H groups in total. The second-order valence-electron chi connectivity index (χ2n) is 3.59. The number of carbonyl (C=O) groups is 1. The highest BCUT2D eigenvalue weighted by atomic mass is 16.6. The van der Waals surface area contributed by atoms with Crippen molar-refractivity contribution in [2.24, 2.45) is 0 Å². The summed E-state index contributed by atoms with van der Waals surface area (Å²) in [7, 11) is 0. The lowest BCUT2D eigenvalue weighted by molar-refractivity contribution is -0.160. The minimum absolute atomic E-state index is 0.239. The molecule has 2 atom stereocenters. The van der Waals surface area contributed by atoms with Crippen LogP contribution in [0, 0.1) is 0 Å². The molecule has 1 rings (SSSR count). The van der Waals surface area contributed by atoms with Crippen LogP contribution in [0.3, 0.4) is 0 Å². The number of carbonyl (C=O) groups excluding carboxylic acids is 1. The third-order valence-electron chi connectivity index (χ3n) is 2.31. The van der Waals surface area contributed by atoms with E-state index in [1.54, 1.807) is 6.92 Å². The number of hydrogen-bond donors (Lipinski definition) is 0. The summed E-state index contributed by atoms with van der Waals surface area (Å²) in [6, 6.07) is 9.64. The smallest absolute Gasteiger partial charge is 0.335 e. The monoisotopic (exact) mass is 222 g/mol. The van der Waals surface area contributed by atoms with E-state index >= 15 is 0 Å². The summed E-state index contributed by atoms with van der Waals surface area (Å²) < 4.78 is 10.5. The van der Waals surface area contributed by atoms with Crippen LogP contribution >= 0.6 is 0 Å². The summed E-state index contributed by atoms with van der Waals surface area (Å²) in [5.74, 6) is -0.321. The number of benzene rings is 1. The van der Waals surface area contributed by atoms with Crippen LogP contribution in [-0.4, -0.2) is 18.7 Å². The fraction of sp³-hybridized carbons (Fsp3) is 0.462. The van der Waals surface area contributed by atoms with Gasteiger partial charge < -0.3 is 9.47 Å². The molecular weight excluding hydrogens is 204 g/mol. The molecule has 1 aromatic rings. The maximum Gasteiger partial charge on any atom is 0.335 e. The van der Waals surface area contributed by atoms with Gasteiger partial charge in [0.2, 0.25) is 0 Å². The van der Waals surface area contributed by atoms with Crippen molar-refractivity contribution in [1.82, 2.24) is 0 Å². The van der Waals surface area contributed by atoms with E-state index in [2.05, 4.69) is 0 Å². The molecule has 88 valence electrons. The van der Waals surface area contributed by atoms with Gasteiger partial charge in [0.15, 0.2) is 6.10 Å².